The Morgan fingerprint density at radius 1 is 1.29 bits per heavy atom. The van der Waals surface area contributed by atoms with Gasteiger partial charge < -0.3 is 0 Å². The summed E-state index contributed by atoms with van der Waals surface area (Å²) in [6.07, 6.45) is 1.93. The van der Waals surface area contributed by atoms with Crippen LogP contribution in [0.5, 0.6) is 0 Å². The smallest absolute Gasteiger partial charge is 0.282 e. The Morgan fingerprint density at radius 3 is 2.14 bits per heavy atom. The van der Waals surface area contributed by atoms with E-state index >= 15 is 0 Å². The maximum atomic E-state index is 10.7. The monoisotopic (exact) mass is 212 g/mol. The van der Waals surface area contributed by atoms with Gasteiger partial charge >= 0.3 is 0 Å². The zero-order valence-electron chi connectivity index (χ0n) is 8.06. The van der Waals surface area contributed by atoms with Crippen LogP contribution >= 0.6 is 0 Å². The van der Waals surface area contributed by atoms with Crippen LogP contribution in [0, 0.1) is 0 Å². The van der Waals surface area contributed by atoms with Crippen LogP contribution in [0.1, 0.15) is 19.4 Å². The van der Waals surface area contributed by atoms with Crippen molar-refractivity contribution in [3.05, 3.63) is 35.9 Å². The van der Waals surface area contributed by atoms with E-state index < -0.39 is 10.1 Å². The van der Waals surface area contributed by atoms with Crippen LogP contribution < -0.4 is 0 Å². The van der Waals surface area contributed by atoms with Gasteiger partial charge in [0, 0.05) is 0 Å². The fraction of sp³-hybridized carbons (Fsp3) is 0.200. The second-order valence-corrected chi connectivity index (χ2v) is 4.39. The minimum absolute atomic E-state index is 0.0786. The third kappa shape index (κ3) is 2.43. The highest BCUT2D eigenvalue weighted by molar-refractivity contribution is 7.85. The van der Waals surface area contributed by atoms with Gasteiger partial charge in [0.15, 0.2) is 0 Å². The van der Waals surface area contributed by atoms with Gasteiger partial charge in [-0.15, -0.1) is 0 Å². The van der Waals surface area contributed by atoms with Crippen LogP contribution in [-0.4, -0.2) is 13.0 Å². The standard InChI is InChI=1S/C10H12O3S/c1-3-8(2)9-4-6-10(7-5-9)14(11,12)13/h3-7H,1-2H3,(H,11,12,13)/b8-3-. The summed E-state index contributed by atoms with van der Waals surface area (Å²) >= 11 is 0. The van der Waals surface area contributed by atoms with E-state index in [1.54, 1.807) is 12.1 Å². The molecule has 1 N–H and O–H groups in total. The van der Waals surface area contributed by atoms with Crippen LogP contribution in [0.25, 0.3) is 5.57 Å². The van der Waals surface area contributed by atoms with E-state index in [1.807, 2.05) is 19.9 Å². The van der Waals surface area contributed by atoms with E-state index in [9.17, 15) is 8.42 Å². The van der Waals surface area contributed by atoms with Crippen molar-refractivity contribution in [2.24, 2.45) is 0 Å². The summed E-state index contributed by atoms with van der Waals surface area (Å²) in [6, 6.07) is 6.10. The van der Waals surface area contributed by atoms with Gasteiger partial charge in [-0.1, -0.05) is 18.2 Å². The molecule has 0 bridgehead atoms. The Morgan fingerprint density at radius 2 is 1.79 bits per heavy atom. The summed E-state index contributed by atoms with van der Waals surface area (Å²) in [5, 5.41) is 0. The molecule has 0 amide bonds. The number of benzene rings is 1. The molecule has 1 rings (SSSR count). The summed E-state index contributed by atoms with van der Waals surface area (Å²) in [6.45, 7) is 3.84. The fourth-order valence-corrected chi connectivity index (χ4v) is 1.54. The van der Waals surface area contributed by atoms with Gasteiger partial charge in [0.1, 0.15) is 0 Å². The van der Waals surface area contributed by atoms with Crippen LogP contribution in [0.15, 0.2) is 35.2 Å². The molecule has 4 heteroatoms. The Kier molecular flexibility index (Phi) is 3.08. The fourth-order valence-electron chi connectivity index (χ4n) is 1.06. The van der Waals surface area contributed by atoms with E-state index in [1.165, 1.54) is 12.1 Å². The Labute approximate surface area is 83.8 Å². The molecule has 0 aromatic heterocycles. The van der Waals surface area contributed by atoms with E-state index in [0.29, 0.717) is 0 Å². The third-order valence-electron chi connectivity index (χ3n) is 2.04. The summed E-state index contributed by atoms with van der Waals surface area (Å²) < 4.78 is 30.2. The second-order valence-electron chi connectivity index (χ2n) is 2.97. The predicted molar refractivity (Wildman–Crippen MR) is 55.6 cm³/mol. The van der Waals surface area contributed by atoms with Gasteiger partial charge in [-0.05, 0) is 37.1 Å². The van der Waals surface area contributed by atoms with Crippen LogP contribution in [0.4, 0.5) is 0 Å². The Hall–Kier alpha value is -1.13. The highest BCUT2D eigenvalue weighted by Gasteiger charge is 2.08. The predicted octanol–water partition coefficient (Wildman–Crippen LogP) is 2.36. The SMILES string of the molecule is C/C=C(/C)c1ccc(S(=O)(=O)O)cc1. The molecule has 0 unspecified atom stereocenters. The molecule has 0 spiro atoms. The normalized spacial score (nSPS) is 12.9. The Bertz CT molecular complexity index is 441. The molecular weight excluding hydrogens is 200 g/mol. The molecule has 0 saturated carbocycles. The summed E-state index contributed by atoms with van der Waals surface area (Å²) in [4.78, 5) is -0.0786. The van der Waals surface area contributed by atoms with Crippen molar-refractivity contribution in [3.8, 4) is 0 Å². The largest absolute Gasteiger partial charge is 0.294 e. The number of hydrogen-bond acceptors (Lipinski definition) is 2. The maximum absolute atomic E-state index is 10.7. The summed E-state index contributed by atoms with van der Waals surface area (Å²) in [5.41, 5.74) is 2.01. The molecular formula is C10H12O3S. The van der Waals surface area contributed by atoms with Crippen molar-refractivity contribution in [1.29, 1.82) is 0 Å². The number of allylic oxidation sites excluding steroid dienone is 2. The van der Waals surface area contributed by atoms with E-state index in [-0.39, 0.29) is 4.90 Å². The van der Waals surface area contributed by atoms with E-state index in [4.69, 9.17) is 4.55 Å². The molecule has 76 valence electrons. The van der Waals surface area contributed by atoms with Crippen molar-refractivity contribution in [2.45, 2.75) is 18.7 Å². The van der Waals surface area contributed by atoms with Gasteiger partial charge in [-0.25, -0.2) is 0 Å². The number of hydrogen-bond donors (Lipinski definition) is 1. The van der Waals surface area contributed by atoms with Gasteiger partial charge in [0.05, 0.1) is 4.90 Å². The molecule has 0 aliphatic heterocycles. The molecule has 0 fully saturated rings. The zero-order valence-corrected chi connectivity index (χ0v) is 8.88. The molecule has 14 heavy (non-hydrogen) atoms. The molecule has 1 aromatic carbocycles. The quantitative estimate of drug-likeness (QED) is 0.765. The zero-order chi connectivity index (χ0) is 10.8. The van der Waals surface area contributed by atoms with Gasteiger partial charge in [-0.2, -0.15) is 8.42 Å². The molecule has 3 nitrogen and oxygen atoms in total. The first-order valence-electron chi connectivity index (χ1n) is 4.16. The minimum atomic E-state index is -4.07. The van der Waals surface area contributed by atoms with E-state index in [2.05, 4.69) is 0 Å². The highest BCUT2D eigenvalue weighted by Crippen LogP contribution is 2.16. The topological polar surface area (TPSA) is 54.4 Å². The van der Waals surface area contributed by atoms with Gasteiger partial charge in [-0.3, -0.25) is 4.55 Å². The molecule has 0 heterocycles. The van der Waals surface area contributed by atoms with Crippen molar-refractivity contribution in [2.75, 3.05) is 0 Å². The first kappa shape index (κ1) is 10.9. The lowest BCUT2D eigenvalue weighted by atomic mass is 10.1. The number of rotatable bonds is 2. The molecule has 0 saturated heterocycles. The maximum Gasteiger partial charge on any atom is 0.294 e. The average molecular weight is 212 g/mol. The second kappa shape index (κ2) is 3.94. The molecule has 0 aliphatic rings. The van der Waals surface area contributed by atoms with Crippen molar-refractivity contribution < 1.29 is 13.0 Å². The van der Waals surface area contributed by atoms with Gasteiger partial charge in [0.25, 0.3) is 10.1 Å². The first-order valence-corrected chi connectivity index (χ1v) is 5.60. The van der Waals surface area contributed by atoms with Crippen molar-refractivity contribution in [1.82, 2.24) is 0 Å². The lowest BCUT2D eigenvalue weighted by Crippen LogP contribution is -1.97. The van der Waals surface area contributed by atoms with E-state index in [0.717, 1.165) is 11.1 Å². The van der Waals surface area contributed by atoms with Gasteiger partial charge in [0.2, 0.25) is 0 Å². The average Bonchev–Trinajstić information content (AvgIpc) is 2.15. The lowest BCUT2D eigenvalue weighted by molar-refractivity contribution is 0.483. The highest BCUT2D eigenvalue weighted by atomic mass is 32.2. The van der Waals surface area contributed by atoms with Crippen LogP contribution in [0.3, 0.4) is 0 Å². The third-order valence-corrected chi connectivity index (χ3v) is 2.91. The summed E-state index contributed by atoms with van der Waals surface area (Å²) in [7, 11) is -4.07. The van der Waals surface area contributed by atoms with Crippen LogP contribution in [-0.2, 0) is 10.1 Å². The molecule has 1 aromatic rings. The molecule has 0 aliphatic carbocycles. The minimum Gasteiger partial charge on any atom is -0.282 e. The van der Waals surface area contributed by atoms with Crippen LogP contribution in [0.2, 0.25) is 0 Å². The van der Waals surface area contributed by atoms with Crippen molar-refractivity contribution >= 4 is 15.7 Å². The molecule has 0 atom stereocenters. The summed E-state index contributed by atoms with van der Waals surface area (Å²) in [5.74, 6) is 0. The molecule has 0 radical (unpaired) electrons. The Balaban J connectivity index is 3.14. The lowest BCUT2D eigenvalue weighted by Gasteiger charge is -2.01. The van der Waals surface area contributed by atoms with Crippen molar-refractivity contribution in [3.63, 3.8) is 0 Å². The first-order chi connectivity index (χ1) is 6.45.